The lowest BCUT2D eigenvalue weighted by atomic mass is 10.0. The molecule has 1 aromatic carbocycles. The fourth-order valence-corrected chi connectivity index (χ4v) is 2.83. The summed E-state index contributed by atoms with van der Waals surface area (Å²) in [6, 6.07) is 2.53. The smallest absolute Gasteiger partial charge is 0.326 e. The number of carbonyl (C=O) groups is 3. The predicted molar refractivity (Wildman–Crippen MR) is 89.2 cm³/mol. The molecule has 26 heavy (non-hydrogen) atoms. The molecule has 1 aliphatic carbocycles. The van der Waals surface area contributed by atoms with Crippen LogP contribution in [0.3, 0.4) is 0 Å². The molecule has 1 fully saturated rings. The highest BCUT2D eigenvalue weighted by Crippen LogP contribution is 2.47. The second-order valence-corrected chi connectivity index (χ2v) is 6.93. The van der Waals surface area contributed by atoms with E-state index in [1.54, 1.807) is 0 Å². The molecule has 0 aromatic heterocycles. The molecule has 1 saturated carbocycles. The third-order valence-electron chi connectivity index (χ3n) is 4.26. The zero-order valence-corrected chi connectivity index (χ0v) is 14.6. The molecule has 6 nitrogen and oxygen atoms in total. The van der Waals surface area contributed by atoms with E-state index >= 15 is 0 Å². The Balaban J connectivity index is 1.81. The molecule has 142 valence electrons. The summed E-state index contributed by atoms with van der Waals surface area (Å²) in [5.41, 5.74) is 0.538. The van der Waals surface area contributed by atoms with Gasteiger partial charge in [0, 0.05) is 5.92 Å². The molecule has 1 aromatic rings. The van der Waals surface area contributed by atoms with Crippen LogP contribution in [-0.4, -0.2) is 35.5 Å². The van der Waals surface area contributed by atoms with Crippen LogP contribution in [0.4, 0.5) is 8.78 Å². The van der Waals surface area contributed by atoms with E-state index in [1.165, 1.54) is 6.07 Å². The summed E-state index contributed by atoms with van der Waals surface area (Å²) in [5.74, 6) is -4.51. The first kappa shape index (κ1) is 19.8. The van der Waals surface area contributed by atoms with Crippen LogP contribution in [0.2, 0.25) is 0 Å². The normalized spacial score (nSPS) is 19.7. The summed E-state index contributed by atoms with van der Waals surface area (Å²) in [6.07, 6.45) is 0.777. The summed E-state index contributed by atoms with van der Waals surface area (Å²) in [7, 11) is 0. The molecule has 3 N–H and O–H groups in total. The third kappa shape index (κ3) is 5.24. The van der Waals surface area contributed by atoms with Crippen molar-refractivity contribution < 1.29 is 28.3 Å². The highest BCUT2D eigenvalue weighted by molar-refractivity contribution is 5.89. The van der Waals surface area contributed by atoms with E-state index in [1.807, 2.05) is 13.8 Å². The first-order valence-electron chi connectivity index (χ1n) is 8.43. The van der Waals surface area contributed by atoms with Crippen LogP contribution in [0.15, 0.2) is 18.2 Å². The molecular formula is C18H22F2N2O4. The summed E-state index contributed by atoms with van der Waals surface area (Å²) in [4.78, 5) is 35.0. The molecule has 0 bridgehead atoms. The largest absolute Gasteiger partial charge is 0.480 e. The number of nitrogens with one attached hydrogen (secondary N) is 2. The Labute approximate surface area is 150 Å². The molecule has 2 unspecified atom stereocenters. The van der Waals surface area contributed by atoms with Crippen molar-refractivity contribution in [3.05, 3.63) is 35.4 Å². The van der Waals surface area contributed by atoms with Crippen LogP contribution in [0.25, 0.3) is 0 Å². The number of carbonyl (C=O) groups excluding carboxylic acids is 2. The molecule has 8 heteroatoms. The second-order valence-electron chi connectivity index (χ2n) is 6.93. The number of halogens is 2. The average Bonchev–Trinajstić information content (AvgIpc) is 3.34. The number of carboxylic acids is 1. The first-order valence-corrected chi connectivity index (χ1v) is 8.43. The second kappa shape index (κ2) is 8.25. The number of carboxylic acid groups (broad SMARTS) is 1. The van der Waals surface area contributed by atoms with Crippen molar-refractivity contribution in [3.63, 3.8) is 0 Å². The maximum absolute atomic E-state index is 13.2. The van der Waals surface area contributed by atoms with Gasteiger partial charge in [-0.2, -0.15) is 0 Å². The van der Waals surface area contributed by atoms with Crippen LogP contribution in [-0.2, 0) is 14.4 Å². The Morgan fingerprint density at radius 1 is 1.23 bits per heavy atom. The Morgan fingerprint density at radius 2 is 1.92 bits per heavy atom. The first-order chi connectivity index (χ1) is 12.2. The fourth-order valence-electron chi connectivity index (χ4n) is 2.83. The van der Waals surface area contributed by atoms with Crippen molar-refractivity contribution >= 4 is 17.8 Å². The Bertz CT molecular complexity index is 708. The average molecular weight is 368 g/mol. The molecule has 1 aliphatic rings. The van der Waals surface area contributed by atoms with Gasteiger partial charge in [-0.05, 0) is 42.4 Å². The van der Waals surface area contributed by atoms with Gasteiger partial charge in [0.2, 0.25) is 11.8 Å². The van der Waals surface area contributed by atoms with Crippen LogP contribution in [0, 0.1) is 23.5 Å². The zero-order valence-electron chi connectivity index (χ0n) is 14.6. The molecule has 0 radical (unpaired) electrons. The lowest BCUT2D eigenvalue weighted by Crippen LogP contribution is -2.46. The number of benzene rings is 1. The summed E-state index contributed by atoms with van der Waals surface area (Å²) >= 11 is 0. The van der Waals surface area contributed by atoms with Crippen LogP contribution < -0.4 is 10.6 Å². The van der Waals surface area contributed by atoms with Crippen molar-refractivity contribution in [2.75, 3.05) is 6.54 Å². The summed E-state index contributed by atoms with van der Waals surface area (Å²) in [6.45, 7) is 3.35. The van der Waals surface area contributed by atoms with Crippen molar-refractivity contribution in [1.29, 1.82) is 0 Å². The van der Waals surface area contributed by atoms with E-state index in [9.17, 15) is 23.2 Å². The molecule has 0 spiro atoms. The maximum atomic E-state index is 13.2. The van der Waals surface area contributed by atoms with E-state index in [2.05, 4.69) is 10.6 Å². The quantitative estimate of drug-likeness (QED) is 0.652. The predicted octanol–water partition coefficient (Wildman–Crippen LogP) is 1.80. The van der Waals surface area contributed by atoms with Gasteiger partial charge < -0.3 is 15.7 Å². The molecule has 2 rings (SSSR count). The van der Waals surface area contributed by atoms with Crippen LogP contribution in [0.5, 0.6) is 0 Å². The number of aliphatic carboxylic acids is 1. The summed E-state index contributed by atoms with van der Waals surface area (Å²) < 4.78 is 26.2. The van der Waals surface area contributed by atoms with Crippen molar-refractivity contribution in [3.8, 4) is 0 Å². The highest BCUT2D eigenvalue weighted by Gasteiger charge is 2.44. The van der Waals surface area contributed by atoms with Gasteiger partial charge in [0.1, 0.15) is 6.04 Å². The van der Waals surface area contributed by atoms with E-state index in [-0.39, 0.29) is 30.7 Å². The summed E-state index contributed by atoms with van der Waals surface area (Å²) in [5, 5.41) is 13.9. The van der Waals surface area contributed by atoms with E-state index < -0.39 is 35.5 Å². The van der Waals surface area contributed by atoms with Crippen LogP contribution >= 0.6 is 0 Å². The zero-order chi connectivity index (χ0) is 19.4. The van der Waals surface area contributed by atoms with Gasteiger partial charge in [0.25, 0.3) is 0 Å². The van der Waals surface area contributed by atoms with Crippen LogP contribution in [0.1, 0.15) is 38.2 Å². The van der Waals surface area contributed by atoms with Gasteiger partial charge in [-0.3, -0.25) is 9.59 Å². The fraction of sp³-hybridized carbons (Fsp3) is 0.500. The molecule has 0 aliphatic heterocycles. The number of rotatable bonds is 8. The van der Waals surface area contributed by atoms with Gasteiger partial charge in [0.15, 0.2) is 11.6 Å². The van der Waals surface area contributed by atoms with Gasteiger partial charge in [-0.15, -0.1) is 0 Å². The third-order valence-corrected chi connectivity index (χ3v) is 4.26. The lowest BCUT2D eigenvalue weighted by molar-refractivity contribution is -0.142. The molecular weight excluding hydrogens is 346 g/mol. The van der Waals surface area contributed by atoms with E-state index in [0.717, 1.165) is 12.1 Å². The van der Waals surface area contributed by atoms with E-state index in [4.69, 9.17) is 5.11 Å². The Morgan fingerprint density at radius 3 is 2.50 bits per heavy atom. The Hall–Kier alpha value is -2.51. The minimum absolute atomic E-state index is 0.0920. The molecule has 0 heterocycles. The highest BCUT2D eigenvalue weighted by atomic mass is 19.2. The van der Waals surface area contributed by atoms with Crippen molar-refractivity contribution in [1.82, 2.24) is 10.6 Å². The molecule has 3 atom stereocenters. The maximum Gasteiger partial charge on any atom is 0.326 e. The van der Waals surface area contributed by atoms with E-state index in [0.29, 0.717) is 12.0 Å². The topological polar surface area (TPSA) is 95.5 Å². The standard InChI is InChI=1S/C18H22F2N2O4/c1-9(2)5-15(18(25)26)22-16(23)8-21-17(24)12-7-11(12)10-3-4-13(19)14(20)6-10/h3-4,6,9,11-12,15H,5,7-8H2,1-2H3,(H,21,24)(H,22,23)(H,25,26)/t11?,12?,15-/m0/s1. The van der Waals surface area contributed by atoms with Crippen molar-refractivity contribution in [2.45, 2.75) is 38.6 Å². The lowest BCUT2D eigenvalue weighted by Gasteiger charge is -2.16. The molecule has 2 amide bonds. The van der Waals surface area contributed by atoms with Gasteiger partial charge in [-0.1, -0.05) is 19.9 Å². The molecule has 0 saturated heterocycles. The minimum atomic E-state index is -1.13. The van der Waals surface area contributed by atoms with Gasteiger partial charge >= 0.3 is 5.97 Å². The SMILES string of the molecule is CC(C)C[C@H](NC(=O)CNC(=O)C1CC1c1ccc(F)c(F)c1)C(=O)O. The monoisotopic (exact) mass is 368 g/mol. The minimum Gasteiger partial charge on any atom is -0.480 e. The Kier molecular flexibility index (Phi) is 6.28. The van der Waals surface area contributed by atoms with Gasteiger partial charge in [-0.25, -0.2) is 13.6 Å². The number of hydrogen-bond donors (Lipinski definition) is 3. The van der Waals surface area contributed by atoms with Crippen molar-refractivity contribution in [2.24, 2.45) is 11.8 Å². The number of amides is 2. The van der Waals surface area contributed by atoms with Gasteiger partial charge in [0.05, 0.1) is 6.54 Å². The number of hydrogen-bond acceptors (Lipinski definition) is 3.